The number of amides is 1. The number of phenols is 1. The molecule has 3 unspecified atom stereocenters. The Morgan fingerprint density at radius 3 is 2.21 bits per heavy atom. The molecule has 2 fully saturated rings. The Morgan fingerprint density at radius 2 is 1.65 bits per heavy atom. The predicted molar refractivity (Wildman–Crippen MR) is 158 cm³/mol. The van der Waals surface area contributed by atoms with Crippen molar-refractivity contribution in [2.75, 3.05) is 33.1 Å². The van der Waals surface area contributed by atoms with Crippen LogP contribution in [0, 0.1) is 29.6 Å². The number of ketones is 3. The van der Waals surface area contributed by atoms with E-state index in [4.69, 9.17) is 5.73 Å². The number of anilines is 1. The number of hydrogen-bond donors (Lipinski definition) is 4. The van der Waals surface area contributed by atoms with Crippen LogP contribution in [0.3, 0.4) is 0 Å². The van der Waals surface area contributed by atoms with Gasteiger partial charge in [-0.1, -0.05) is 24.3 Å². The Balaban J connectivity index is 1.42. The molecule has 10 heteroatoms. The zero-order valence-electron chi connectivity index (χ0n) is 24.9. The molecule has 1 amide bonds. The number of aromatic hydroxyl groups is 1. The van der Waals surface area contributed by atoms with Crippen molar-refractivity contribution in [3.63, 3.8) is 0 Å². The van der Waals surface area contributed by atoms with E-state index < -0.39 is 64.7 Å². The number of primary amides is 1. The topological polar surface area (TPSA) is 161 Å². The van der Waals surface area contributed by atoms with Crippen molar-refractivity contribution in [3.05, 3.63) is 58.1 Å². The second-order valence-corrected chi connectivity index (χ2v) is 13.4. The number of Topliss-reactive ketones (excluding diaryl/α,β-unsaturated/α-hetero) is 3. The summed E-state index contributed by atoms with van der Waals surface area (Å²) in [6.45, 7) is 0. The van der Waals surface area contributed by atoms with Crippen LogP contribution in [0.4, 0.5) is 5.69 Å². The van der Waals surface area contributed by atoms with Crippen LogP contribution in [0.2, 0.25) is 0 Å². The molecule has 0 saturated heterocycles. The van der Waals surface area contributed by atoms with Gasteiger partial charge in [0.15, 0.2) is 23.0 Å². The third kappa shape index (κ3) is 4.25. The van der Waals surface area contributed by atoms with Gasteiger partial charge in [0.05, 0.1) is 17.6 Å². The monoisotopic (exact) mass is 589 g/mol. The molecule has 0 aromatic heterocycles. The lowest BCUT2D eigenvalue weighted by atomic mass is 9.52. The molecule has 43 heavy (non-hydrogen) atoms. The molecule has 6 rings (SSSR count). The molecule has 228 valence electrons. The highest BCUT2D eigenvalue weighted by atomic mass is 16.3. The Bertz CT molecular complexity index is 1530. The lowest BCUT2D eigenvalue weighted by molar-refractivity contribution is -0.190. The van der Waals surface area contributed by atoms with Crippen molar-refractivity contribution in [1.29, 1.82) is 0 Å². The van der Waals surface area contributed by atoms with E-state index in [0.717, 1.165) is 18.5 Å². The number of aliphatic hydroxyl groups is 2. The van der Waals surface area contributed by atoms with Gasteiger partial charge >= 0.3 is 0 Å². The van der Waals surface area contributed by atoms with Gasteiger partial charge in [-0.15, -0.1) is 0 Å². The SMILES string of the molecule is CN(C)c1cc(CC2Cc3ccccc3C2)c(O)c2c1C[C@@H]1C[C@@H]3[C@@H](N(C)C)C(O)C(C(N)=O)C(=O)[C@]3(O)C(=O)C1C2=O. The molecule has 2 aromatic rings. The number of aliphatic hydroxyl groups excluding tert-OH is 1. The number of likely N-dealkylation sites (N-methyl/N-ethyl adjacent to an activating group) is 1. The van der Waals surface area contributed by atoms with Crippen molar-refractivity contribution in [2.24, 2.45) is 35.3 Å². The number of carbonyl (C=O) groups excluding carboxylic acids is 4. The number of carbonyl (C=O) groups is 4. The molecule has 2 saturated carbocycles. The number of nitrogens with zero attached hydrogens (tertiary/aromatic N) is 2. The zero-order chi connectivity index (χ0) is 31.1. The number of benzene rings is 2. The fourth-order valence-corrected chi connectivity index (χ4v) is 8.58. The smallest absolute Gasteiger partial charge is 0.230 e. The highest BCUT2D eigenvalue weighted by Crippen LogP contribution is 2.53. The molecule has 0 spiro atoms. The second kappa shape index (κ2) is 10.2. The summed E-state index contributed by atoms with van der Waals surface area (Å²) >= 11 is 0. The number of nitrogens with two attached hydrogens (primary N) is 1. The first-order chi connectivity index (χ1) is 20.3. The van der Waals surface area contributed by atoms with Gasteiger partial charge in [0.2, 0.25) is 5.91 Å². The summed E-state index contributed by atoms with van der Waals surface area (Å²) in [5, 5.41) is 34.5. The number of hydrogen-bond acceptors (Lipinski definition) is 9. The molecular weight excluding hydrogens is 550 g/mol. The van der Waals surface area contributed by atoms with Crippen LogP contribution >= 0.6 is 0 Å². The van der Waals surface area contributed by atoms with Crippen LogP contribution in [0.15, 0.2) is 30.3 Å². The maximum Gasteiger partial charge on any atom is 0.230 e. The summed E-state index contributed by atoms with van der Waals surface area (Å²) in [5.74, 6) is -8.63. The molecule has 0 heterocycles. The first-order valence-corrected chi connectivity index (χ1v) is 14.9. The fraction of sp³-hybridized carbons (Fsp3) is 0.515. The van der Waals surface area contributed by atoms with E-state index in [0.29, 0.717) is 17.5 Å². The van der Waals surface area contributed by atoms with Gasteiger partial charge in [-0.25, -0.2) is 0 Å². The van der Waals surface area contributed by atoms with E-state index in [1.165, 1.54) is 11.1 Å². The van der Waals surface area contributed by atoms with Gasteiger partial charge in [-0.2, -0.15) is 0 Å². The standard InChI is InChI=1S/C33H39N3O7/c1-35(2)22-14-19(11-15-9-16-7-5-6-8-17(16)10-15)27(37)24-20(22)12-18-13-21-26(36(3)4)29(39)25(32(34)42)31(41)33(21,43)30(40)23(18)28(24)38/h5-8,14-15,18,21,23,25-26,29,37,39,43H,9-13H2,1-4H3,(H2,34,42)/t18-,21-,23?,25?,26-,29?,33-/m1/s1. The molecule has 7 atom stereocenters. The number of fused-ring (bicyclic) bond motifs is 4. The van der Waals surface area contributed by atoms with E-state index in [1.807, 2.05) is 37.2 Å². The Morgan fingerprint density at radius 1 is 1.02 bits per heavy atom. The molecule has 10 nitrogen and oxygen atoms in total. The summed E-state index contributed by atoms with van der Waals surface area (Å²) in [6, 6.07) is 9.25. The molecular formula is C33H39N3O7. The summed E-state index contributed by atoms with van der Waals surface area (Å²) in [5.41, 5.74) is 7.44. The Labute approximate surface area is 250 Å². The maximum atomic E-state index is 14.3. The fourth-order valence-electron chi connectivity index (χ4n) is 8.58. The first-order valence-electron chi connectivity index (χ1n) is 14.9. The van der Waals surface area contributed by atoms with Crippen LogP contribution in [0.1, 0.15) is 39.0 Å². The van der Waals surface area contributed by atoms with Crippen LogP contribution in [-0.4, -0.2) is 89.4 Å². The third-order valence-corrected chi connectivity index (χ3v) is 10.5. The van der Waals surface area contributed by atoms with Crippen molar-refractivity contribution < 1.29 is 34.5 Å². The molecule has 2 aromatic carbocycles. The van der Waals surface area contributed by atoms with Gasteiger partial charge in [-0.05, 0) is 86.4 Å². The molecule has 0 bridgehead atoms. The summed E-state index contributed by atoms with van der Waals surface area (Å²) < 4.78 is 0. The van der Waals surface area contributed by atoms with Crippen molar-refractivity contribution >= 4 is 28.9 Å². The summed E-state index contributed by atoms with van der Waals surface area (Å²) in [4.78, 5) is 57.8. The minimum atomic E-state index is -2.67. The first kappa shape index (κ1) is 29.5. The van der Waals surface area contributed by atoms with Crippen molar-refractivity contribution in [1.82, 2.24) is 4.90 Å². The van der Waals surface area contributed by atoms with E-state index >= 15 is 0 Å². The van der Waals surface area contributed by atoms with E-state index in [1.54, 1.807) is 19.0 Å². The van der Waals surface area contributed by atoms with Gasteiger partial charge in [0.25, 0.3) is 0 Å². The van der Waals surface area contributed by atoms with Gasteiger partial charge in [0, 0.05) is 31.7 Å². The van der Waals surface area contributed by atoms with Gasteiger partial charge in [-0.3, -0.25) is 19.2 Å². The van der Waals surface area contributed by atoms with Crippen LogP contribution in [-0.2, 0) is 40.1 Å². The lowest BCUT2D eigenvalue weighted by Gasteiger charge is -2.55. The molecule has 4 aliphatic rings. The average Bonchev–Trinajstić information content (AvgIpc) is 3.34. The van der Waals surface area contributed by atoms with E-state index in [9.17, 15) is 34.5 Å². The van der Waals surface area contributed by atoms with Crippen molar-refractivity contribution in [3.8, 4) is 5.75 Å². The highest BCUT2D eigenvalue weighted by molar-refractivity contribution is 6.25. The second-order valence-electron chi connectivity index (χ2n) is 13.4. The molecule has 0 aliphatic heterocycles. The molecule has 5 N–H and O–H groups in total. The average molecular weight is 590 g/mol. The van der Waals surface area contributed by atoms with Crippen molar-refractivity contribution in [2.45, 2.75) is 49.9 Å². The minimum Gasteiger partial charge on any atom is -0.507 e. The van der Waals surface area contributed by atoms with Gasteiger partial charge < -0.3 is 30.9 Å². The molecule has 4 aliphatic carbocycles. The minimum absolute atomic E-state index is 0.0623. The van der Waals surface area contributed by atoms with Crippen LogP contribution in [0.25, 0.3) is 0 Å². The highest BCUT2D eigenvalue weighted by Gasteiger charge is 2.69. The largest absolute Gasteiger partial charge is 0.507 e. The normalized spacial score (nSPS) is 31.8. The zero-order valence-corrected chi connectivity index (χ0v) is 24.9. The Hall–Kier alpha value is -3.60. The lowest BCUT2D eigenvalue weighted by Crippen LogP contribution is -2.75. The maximum absolute atomic E-state index is 14.3. The quantitative estimate of drug-likeness (QED) is 0.368. The third-order valence-electron chi connectivity index (χ3n) is 10.5. The van der Waals surface area contributed by atoms with Gasteiger partial charge in [0.1, 0.15) is 11.7 Å². The Kier molecular flexibility index (Phi) is 7.02. The summed E-state index contributed by atoms with van der Waals surface area (Å²) in [7, 11) is 7.00. The van der Waals surface area contributed by atoms with E-state index in [-0.39, 0.29) is 30.1 Å². The molecule has 0 radical (unpaired) electrons. The van der Waals surface area contributed by atoms with E-state index in [2.05, 4.69) is 12.1 Å². The predicted octanol–water partition coefficient (Wildman–Crippen LogP) is 0.682. The van der Waals surface area contributed by atoms with Crippen LogP contribution in [0.5, 0.6) is 5.75 Å². The summed E-state index contributed by atoms with van der Waals surface area (Å²) in [6.07, 6.45) is 1.09. The van der Waals surface area contributed by atoms with Crippen LogP contribution < -0.4 is 10.6 Å². The number of rotatable bonds is 5. The number of phenolic OH excluding ortho intramolecular Hbond substituents is 1.